The normalized spacial score (nSPS) is 19.2. The summed E-state index contributed by atoms with van der Waals surface area (Å²) in [5.74, 6) is 0.807. The van der Waals surface area contributed by atoms with Crippen LogP contribution in [0.15, 0.2) is 6.07 Å². The molecule has 1 aliphatic rings. The molecule has 2 aromatic rings. The van der Waals surface area contributed by atoms with Gasteiger partial charge >= 0.3 is 0 Å². The third kappa shape index (κ3) is 2.67. The highest BCUT2D eigenvalue weighted by Gasteiger charge is 2.23. The van der Waals surface area contributed by atoms with E-state index in [9.17, 15) is 0 Å². The van der Waals surface area contributed by atoms with E-state index >= 15 is 0 Å². The van der Waals surface area contributed by atoms with Crippen molar-refractivity contribution < 1.29 is 0 Å². The largest absolute Gasteiger partial charge is 0.352 e. The number of thiophene rings is 1. The second kappa shape index (κ2) is 5.70. The second-order valence-corrected chi connectivity index (χ2v) is 6.56. The summed E-state index contributed by atoms with van der Waals surface area (Å²) in [5.41, 5.74) is 0.769. The molecule has 104 valence electrons. The maximum atomic E-state index is 8.82. The van der Waals surface area contributed by atoms with E-state index in [4.69, 9.17) is 28.5 Å². The van der Waals surface area contributed by atoms with Crippen LogP contribution in [0, 0.1) is 11.3 Å². The maximum absolute atomic E-state index is 8.82. The van der Waals surface area contributed by atoms with E-state index in [1.165, 1.54) is 11.3 Å². The molecule has 3 heterocycles. The average Bonchev–Trinajstić information content (AvgIpc) is 2.78. The minimum atomic E-state index is 0.146. The number of rotatable bonds is 2. The van der Waals surface area contributed by atoms with E-state index in [-0.39, 0.29) is 11.3 Å². The van der Waals surface area contributed by atoms with Crippen LogP contribution >= 0.6 is 34.5 Å². The number of aromatic nitrogens is 2. The maximum Gasteiger partial charge on any atom is 0.224 e. The minimum Gasteiger partial charge on any atom is -0.352 e. The third-order valence-corrected chi connectivity index (χ3v) is 4.61. The predicted octanol–water partition coefficient (Wildman–Crippen LogP) is 2.69. The summed E-state index contributed by atoms with van der Waals surface area (Å²) in [6.45, 7) is 2.36. The van der Waals surface area contributed by atoms with Gasteiger partial charge in [-0.1, -0.05) is 11.6 Å². The lowest BCUT2D eigenvalue weighted by atomic mass is 10.1. The fourth-order valence-electron chi connectivity index (χ4n) is 2.34. The Morgan fingerprint density at radius 2 is 2.35 bits per heavy atom. The first-order chi connectivity index (χ1) is 9.67. The monoisotopic (exact) mass is 327 g/mol. The van der Waals surface area contributed by atoms with Gasteiger partial charge in [0.1, 0.15) is 0 Å². The zero-order valence-electron chi connectivity index (χ0n) is 10.4. The lowest BCUT2D eigenvalue weighted by Gasteiger charge is -2.33. The van der Waals surface area contributed by atoms with Crippen molar-refractivity contribution in [1.29, 1.82) is 5.26 Å². The number of hydrogen-bond acceptors (Lipinski definition) is 6. The van der Waals surface area contributed by atoms with Gasteiger partial charge in [-0.2, -0.15) is 10.2 Å². The Bertz CT molecular complexity index is 680. The van der Waals surface area contributed by atoms with Gasteiger partial charge in [0.2, 0.25) is 5.28 Å². The molecule has 0 aromatic carbocycles. The molecule has 1 N–H and O–H groups in total. The Labute approximate surface area is 130 Å². The quantitative estimate of drug-likeness (QED) is 0.859. The Hall–Kier alpha value is -1.13. The lowest BCUT2D eigenvalue weighted by molar-refractivity contribution is 0.461. The molecular formula is C12H11Cl2N5S. The van der Waals surface area contributed by atoms with Gasteiger partial charge in [0.15, 0.2) is 5.82 Å². The van der Waals surface area contributed by atoms with Crippen LogP contribution in [0.5, 0.6) is 0 Å². The Kier molecular flexibility index (Phi) is 3.94. The third-order valence-electron chi connectivity index (χ3n) is 3.19. The molecule has 0 aliphatic carbocycles. The summed E-state index contributed by atoms with van der Waals surface area (Å²) < 4.78 is 1.61. The molecule has 1 atom stereocenters. The second-order valence-electron chi connectivity index (χ2n) is 4.54. The van der Waals surface area contributed by atoms with Crippen molar-refractivity contribution in [3.05, 3.63) is 15.7 Å². The van der Waals surface area contributed by atoms with Crippen molar-refractivity contribution in [2.45, 2.75) is 12.5 Å². The molecule has 3 rings (SSSR count). The summed E-state index contributed by atoms with van der Waals surface area (Å²) >= 11 is 13.5. The van der Waals surface area contributed by atoms with E-state index in [1.54, 1.807) is 6.07 Å². The number of nitrogens with one attached hydrogen (secondary N) is 1. The van der Waals surface area contributed by atoms with Crippen LogP contribution in [-0.2, 0) is 0 Å². The number of anilines is 1. The van der Waals surface area contributed by atoms with Gasteiger partial charge < -0.3 is 10.2 Å². The van der Waals surface area contributed by atoms with Crippen molar-refractivity contribution in [3.8, 4) is 6.07 Å². The molecule has 5 nitrogen and oxygen atoms in total. The number of nitrogens with zero attached hydrogens (tertiary/aromatic N) is 4. The van der Waals surface area contributed by atoms with Crippen molar-refractivity contribution in [3.63, 3.8) is 0 Å². The first-order valence-electron chi connectivity index (χ1n) is 6.15. The molecule has 1 saturated heterocycles. The van der Waals surface area contributed by atoms with Crippen LogP contribution in [0.2, 0.25) is 9.62 Å². The fourth-order valence-corrected chi connectivity index (χ4v) is 3.68. The molecule has 8 heteroatoms. The number of fused-ring (bicyclic) bond motifs is 1. The number of nitriles is 1. The topological polar surface area (TPSA) is 64.8 Å². The fraction of sp³-hybridized carbons (Fsp3) is 0.417. The van der Waals surface area contributed by atoms with Crippen LogP contribution in [0.25, 0.3) is 10.2 Å². The van der Waals surface area contributed by atoms with Crippen LogP contribution in [0.3, 0.4) is 0 Å². The number of halogens is 2. The molecule has 2 aromatic heterocycles. The summed E-state index contributed by atoms with van der Waals surface area (Å²) in [7, 11) is 0. The molecule has 0 amide bonds. The van der Waals surface area contributed by atoms with Crippen LogP contribution in [0.1, 0.15) is 6.42 Å². The Balaban J connectivity index is 1.98. The van der Waals surface area contributed by atoms with Crippen LogP contribution in [0.4, 0.5) is 5.82 Å². The van der Waals surface area contributed by atoms with Gasteiger partial charge in [-0.25, -0.2) is 4.98 Å². The van der Waals surface area contributed by atoms with Gasteiger partial charge in [-0.15, -0.1) is 11.3 Å². The molecule has 0 bridgehead atoms. The molecule has 1 fully saturated rings. The molecule has 1 aliphatic heterocycles. The van der Waals surface area contributed by atoms with E-state index < -0.39 is 0 Å². The van der Waals surface area contributed by atoms with Crippen molar-refractivity contribution in [1.82, 2.24) is 15.3 Å². The first-order valence-corrected chi connectivity index (χ1v) is 7.72. The van der Waals surface area contributed by atoms with Gasteiger partial charge in [0.25, 0.3) is 0 Å². The highest BCUT2D eigenvalue weighted by molar-refractivity contribution is 7.23. The predicted molar refractivity (Wildman–Crippen MR) is 81.7 cm³/mol. The zero-order valence-corrected chi connectivity index (χ0v) is 12.8. The van der Waals surface area contributed by atoms with E-state index in [2.05, 4.69) is 26.3 Å². The lowest BCUT2D eigenvalue weighted by Crippen LogP contribution is -2.50. The van der Waals surface area contributed by atoms with Crippen molar-refractivity contribution in [2.24, 2.45) is 0 Å². The molecule has 20 heavy (non-hydrogen) atoms. The number of hydrogen-bond donors (Lipinski definition) is 1. The van der Waals surface area contributed by atoms with E-state index in [0.717, 1.165) is 35.7 Å². The van der Waals surface area contributed by atoms with Crippen LogP contribution in [-0.4, -0.2) is 35.6 Å². The van der Waals surface area contributed by atoms with Gasteiger partial charge in [-0.3, -0.25) is 0 Å². The van der Waals surface area contributed by atoms with E-state index in [0.29, 0.717) is 10.8 Å². The Morgan fingerprint density at radius 1 is 1.50 bits per heavy atom. The summed E-state index contributed by atoms with van der Waals surface area (Å²) in [6, 6.07) is 4.14. The molecule has 1 unspecified atom stereocenters. The molecular weight excluding hydrogens is 317 g/mol. The summed E-state index contributed by atoms with van der Waals surface area (Å²) in [4.78, 5) is 10.7. The molecule has 0 saturated carbocycles. The summed E-state index contributed by atoms with van der Waals surface area (Å²) in [6.07, 6.45) is 0.476. The number of piperazine rings is 1. The van der Waals surface area contributed by atoms with E-state index in [1.807, 2.05) is 0 Å². The first kappa shape index (κ1) is 13.8. The van der Waals surface area contributed by atoms with Gasteiger partial charge in [0.05, 0.1) is 27.0 Å². The molecule has 0 spiro atoms. The highest BCUT2D eigenvalue weighted by atomic mass is 35.5. The van der Waals surface area contributed by atoms with Gasteiger partial charge in [-0.05, 0) is 17.7 Å². The van der Waals surface area contributed by atoms with Crippen molar-refractivity contribution in [2.75, 3.05) is 24.5 Å². The standard InChI is InChI=1S/C12H11Cl2N5S/c13-9-5-8-10(20-9)11(18-12(14)17-8)19-4-3-16-7(6-19)1-2-15/h5,7,16H,1,3-4,6H2. The van der Waals surface area contributed by atoms with Crippen molar-refractivity contribution >= 4 is 50.6 Å². The minimum absolute atomic E-state index is 0.146. The summed E-state index contributed by atoms with van der Waals surface area (Å²) in [5, 5.41) is 12.4. The van der Waals surface area contributed by atoms with Crippen LogP contribution < -0.4 is 10.2 Å². The SMILES string of the molecule is N#CCC1CN(c2nc(Cl)nc3cc(Cl)sc23)CCN1. The van der Waals surface area contributed by atoms with Gasteiger partial charge in [0, 0.05) is 25.7 Å². The Morgan fingerprint density at radius 3 is 3.15 bits per heavy atom. The molecule has 0 radical (unpaired) electrons. The highest BCUT2D eigenvalue weighted by Crippen LogP contribution is 2.35. The smallest absolute Gasteiger partial charge is 0.224 e. The average molecular weight is 328 g/mol. The zero-order chi connectivity index (χ0) is 14.1.